The Morgan fingerprint density at radius 1 is 0.812 bits per heavy atom. The normalized spacial score (nSPS) is 25.8. The molecule has 0 spiro atoms. The quantitative estimate of drug-likeness (QED) is 0.264. The minimum atomic E-state index is -1.80. The molecule has 0 radical (unpaired) electrons. The SMILES string of the molecule is O=c1cc(-c2cc(O)cc(O)c2)oc2c([C@@H]3O[C@H](CO)[C@@H](O)[C@H](O)[C@@H]3O)c(O)cc(O)c12. The summed E-state index contributed by atoms with van der Waals surface area (Å²) in [6, 6.07) is 5.26. The van der Waals surface area contributed by atoms with Crippen LogP contribution in [0.1, 0.15) is 11.7 Å². The minimum Gasteiger partial charge on any atom is -0.508 e. The fourth-order valence-corrected chi connectivity index (χ4v) is 3.82. The first-order valence-corrected chi connectivity index (χ1v) is 9.49. The summed E-state index contributed by atoms with van der Waals surface area (Å²) in [5, 5.41) is 79.9. The number of ether oxygens (including phenoxy) is 1. The highest BCUT2D eigenvalue weighted by Crippen LogP contribution is 2.43. The van der Waals surface area contributed by atoms with Crippen molar-refractivity contribution in [2.24, 2.45) is 0 Å². The Kier molecular flexibility index (Phi) is 5.44. The van der Waals surface area contributed by atoms with E-state index in [1.54, 1.807) is 0 Å². The third kappa shape index (κ3) is 3.51. The van der Waals surface area contributed by atoms with Crippen LogP contribution >= 0.6 is 0 Å². The Morgan fingerprint density at radius 2 is 1.47 bits per heavy atom. The van der Waals surface area contributed by atoms with Crippen LogP contribution in [0, 0.1) is 0 Å². The number of phenols is 4. The fourth-order valence-electron chi connectivity index (χ4n) is 3.82. The van der Waals surface area contributed by atoms with Gasteiger partial charge in [-0.25, -0.2) is 0 Å². The molecule has 11 nitrogen and oxygen atoms in total. The van der Waals surface area contributed by atoms with Gasteiger partial charge in [0.15, 0.2) is 11.0 Å². The van der Waals surface area contributed by atoms with E-state index >= 15 is 0 Å². The highest BCUT2D eigenvalue weighted by atomic mass is 16.5. The van der Waals surface area contributed by atoms with Crippen molar-refractivity contribution in [2.45, 2.75) is 30.5 Å². The van der Waals surface area contributed by atoms with Crippen molar-refractivity contribution in [1.29, 1.82) is 0 Å². The highest BCUT2D eigenvalue weighted by Gasteiger charge is 2.46. The van der Waals surface area contributed by atoms with Crippen LogP contribution in [0.25, 0.3) is 22.3 Å². The summed E-state index contributed by atoms with van der Waals surface area (Å²) in [4.78, 5) is 12.8. The Balaban J connectivity index is 1.99. The van der Waals surface area contributed by atoms with Crippen LogP contribution in [0.15, 0.2) is 39.5 Å². The third-order valence-corrected chi connectivity index (χ3v) is 5.36. The smallest absolute Gasteiger partial charge is 0.197 e. The molecule has 0 unspecified atom stereocenters. The van der Waals surface area contributed by atoms with Gasteiger partial charge in [0.05, 0.1) is 12.2 Å². The van der Waals surface area contributed by atoms with E-state index in [1.807, 2.05) is 0 Å². The van der Waals surface area contributed by atoms with Gasteiger partial charge < -0.3 is 50.0 Å². The van der Waals surface area contributed by atoms with E-state index in [2.05, 4.69) is 0 Å². The second-order valence-electron chi connectivity index (χ2n) is 7.50. The number of fused-ring (bicyclic) bond motifs is 1. The monoisotopic (exact) mass is 448 g/mol. The van der Waals surface area contributed by atoms with Crippen molar-refractivity contribution in [1.82, 2.24) is 0 Å². The molecule has 1 saturated heterocycles. The molecule has 2 heterocycles. The van der Waals surface area contributed by atoms with Gasteiger partial charge in [-0.2, -0.15) is 0 Å². The predicted octanol–water partition coefficient (Wildman–Crippen LogP) is -0.203. The standard InChI is InChI=1S/C21H20O11/c22-6-14-17(28)18(29)19(30)21(32-14)16-11(26)4-10(25)15-12(27)5-13(31-20(15)16)7-1-8(23)3-9(24)2-7/h1-5,14,17-19,21-26,28-30H,6H2/t14-,17-,18+,19+,21+/m1/s1. The van der Waals surface area contributed by atoms with Crippen LogP contribution in [0.5, 0.6) is 23.0 Å². The van der Waals surface area contributed by atoms with Gasteiger partial charge in [-0.1, -0.05) is 0 Å². The minimum absolute atomic E-state index is 0.0871. The van der Waals surface area contributed by atoms with Crippen molar-refractivity contribution in [3.05, 3.63) is 46.1 Å². The van der Waals surface area contributed by atoms with Crippen LogP contribution < -0.4 is 5.43 Å². The summed E-state index contributed by atoms with van der Waals surface area (Å²) in [6.07, 6.45) is -8.10. The van der Waals surface area contributed by atoms with Gasteiger partial charge in [0.2, 0.25) is 0 Å². The lowest BCUT2D eigenvalue weighted by Gasteiger charge is -2.40. The Hall–Kier alpha value is -3.35. The molecular formula is C21H20O11. The number of aliphatic hydroxyl groups excluding tert-OH is 4. The summed E-state index contributed by atoms with van der Waals surface area (Å²) >= 11 is 0. The van der Waals surface area contributed by atoms with Gasteiger partial charge in [-0.15, -0.1) is 0 Å². The van der Waals surface area contributed by atoms with Gasteiger partial charge >= 0.3 is 0 Å². The van der Waals surface area contributed by atoms with E-state index in [9.17, 15) is 45.6 Å². The second kappa shape index (κ2) is 7.97. The summed E-state index contributed by atoms with van der Waals surface area (Å²) in [5.41, 5.74) is -1.40. The Labute approximate surface area is 179 Å². The molecule has 0 bridgehead atoms. The largest absolute Gasteiger partial charge is 0.508 e. The van der Waals surface area contributed by atoms with Crippen molar-refractivity contribution >= 4 is 11.0 Å². The van der Waals surface area contributed by atoms with Crippen molar-refractivity contribution in [2.75, 3.05) is 6.61 Å². The van der Waals surface area contributed by atoms with Gasteiger partial charge in [0.25, 0.3) is 0 Å². The van der Waals surface area contributed by atoms with Gasteiger partial charge in [0, 0.05) is 23.8 Å². The molecule has 11 heteroatoms. The Morgan fingerprint density at radius 3 is 2.09 bits per heavy atom. The zero-order valence-electron chi connectivity index (χ0n) is 16.3. The molecule has 0 aliphatic carbocycles. The van der Waals surface area contributed by atoms with Gasteiger partial charge in [0.1, 0.15) is 64.7 Å². The number of rotatable bonds is 3. The first kappa shape index (κ1) is 21.9. The predicted molar refractivity (Wildman–Crippen MR) is 107 cm³/mol. The van der Waals surface area contributed by atoms with Crippen molar-refractivity contribution in [3.63, 3.8) is 0 Å². The lowest BCUT2D eigenvalue weighted by molar-refractivity contribution is -0.231. The first-order chi connectivity index (χ1) is 15.1. The molecule has 8 N–H and O–H groups in total. The fraction of sp³-hybridized carbons (Fsp3) is 0.286. The molecule has 0 saturated carbocycles. The van der Waals surface area contributed by atoms with Gasteiger partial charge in [-0.05, 0) is 12.1 Å². The third-order valence-electron chi connectivity index (χ3n) is 5.36. The molecule has 5 atom stereocenters. The zero-order valence-corrected chi connectivity index (χ0v) is 16.3. The molecule has 2 aromatic carbocycles. The van der Waals surface area contributed by atoms with Gasteiger partial charge in [-0.3, -0.25) is 4.79 Å². The highest BCUT2D eigenvalue weighted by molar-refractivity contribution is 5.89. The first-order valence-electron chi connectivity index (χ1n) is 9.49. The molecular weight excluding hydrogens is 428 g/mol. The molecule has 1 fully saturated rings. The van der Waals surface area contributed by atoms with Crippen LogP contribution in [-0.4, -0.2) is 71.9 Å². The number of hydrogen-bond donors (Lipinski definition) is 8. The number of aromatic hydroxyl groups is 4. The average Bonchev–Trinajstić information content (AvgIpc) is 2.72. The Bertz CT molecular complexity index is 1210. The molecule has 4 rings (SSSR count). The molecule has 0 amide bonds. The molecule has 1 aliphatic heterocycles. The van der Waals surface area contributed by atoms with Crippen LogP contribution in [0.4, 0.5) is 0 Å². The summed E-state index contributed by atoms with van der Waals surface area (Å²) in [7, 11) is 0. The number of benzene rings is 2. The average molecular weight is 448 g/mol. The van der Waals surface area contributed by atoms with E-state index in [4.69, 9.17) is 9.15 Å². The van der Waals surface area contributed by atoms with Crippen LogP contribution in [0.3, 0.4) is 0 Å². The van der Waals surface area contributed by atoms with E-state index in [0.717, 1.165) is 18.2 Å². The summed E-state index contributed by atoms with van der Waals surface area (Å²) in [5.74, 6) is -2.10. The molecule has 1 aliphatic rings. The maximum Gasteiger partial charge on any atom is 0.197 e. The van der Waals surface area contributed by atoms with Crippen LogP contribution in [0.2, 0.25) is 0 Å². The van der Waals surface area contributed by atoms with E-state index in [-0.39, 0.29) is 33.8 Å². The zero-order chi connectivity index (χ0) is 23.3. The van der Waals surface area contributed by atoms with E-state index in [1.165, 1.54) is 12.1 Å². The topological polar surface area (TPSA) is 201 Å². The number of phenolic OH excluding ortho intramolecular Hbond substituents is 4. The molecule has 1 aromatic heterocycles. The van der Waals surface area contributed by atoms with Crippen molar-refractivity contribution in [3.8, 4) is 34.3 Å². The van der Waals surface area contributed by atoms with Crippen LogP contribution in [-0.2, 0) is 4.74 Å². The lowest BCUT2D eigenvalue weighted by Crippen LogP contribution is -2.55. The van der Waals surface area contributed by atoms with E-state index < -0.39 is 59.6 Å². The maximum absolute atomic E-state index is 12.8. The van der Waals surface area contributed by atoms with E-state index in [0.29, 0.717) is 0 Å². The molecule has 170 valence electrons. The molecule has 3 aromatic rings. The number of hydrogen-bond acceptors (Lipinski definition) is 11. The summed E-state index contributed by atoms with van der Waals surface area (Å²) in [6.45, 7) is -0.726. The maximum atomic E-state index is 12.8. The second-order valence-corrected chi connectivity index (χ2v) is 7.50. The molecule has 32 heavy (non-hydrogen) atoms. The summed E-state index contributed by atoms with van der Waals surface area (Å²) < 4.78 is 11.2. The van der Waals surface area contributed by atoms with Crippen molar-refractivity contribution < 1.29 is 50.0 Å². The number of aliphatic hydroxyl groups is 4. The lowest BCUT2D eigenvalue weighted by atomic mass is 9.89.